The van der Waals surface area contributed by atoms with Crippen LogP contribution in [0.2, 0.25) is 0 Å². The van der Waals surface area contributed by atoms with Crippen molar-refractivity contribution >= 4 is 15.9 Å². The number of aryl methyl sites for hydroxylation is 1. The molecule has 1 aliphatic rings. The van der Waals surface area contributed by atoms with E-state index in [1.165, 1.54) is 12.8 Å². The number of halogens is 1. The second-order valence-electron chi connectivity index (χ2n) is 5.75. The minimum absolute atomic E-state index is 0.193. The van der Waals surface area contributed by atoms with Gasteiger partial charge in [0.15, 0.2) is 0 Å². The molecular weight excluding hydrogens is 332 g/mol. The van der Waals surface area contributed by atoms with Crippen LogP contribution in [-0.2, 0) is 19.5 Å². The Morgan fingerprint density at radius 2 is 2.19 bits per heavy atom. The zero-order valence-corrected chi connectivity index (χ0v) is 14.0. The molecule has 21 heavy (non-hydrogen) atoms. The molecule has 0 saturated heterocycles. The number of fused-ring (bicyclic) bond motifs is 1. The van der Waals surface area contributed by atoms with Gasteiger partial charge in [0.1, 0.15) is 11.6 Å². The molecule has 0 unspecified atom stereocenters. The summed E-state index contributed by atoms with van der Waals surface area (Å²) in [6, 6.07) is 0.502. The van der Waals surface area contributed by atoms with Gasteiger partial charge in [0.2, 0.25) is 0 Å². The van der Waals surface area contributed by atoms with Crippen LogP contribution in [0.3, 0.4) is 0 Å². The van der Waals surface area contributed by atoms with Gasteiger partial charge in [0.05, 0.1) is 23.3 Å². The number of rotatable bonds is 5. The average Bonchev–Trinajstić information content (AvgIpc) is 3.04. The number of hydrogen-bond acceptors (Lipinski definition) is 4. The first-order chi connectivity index (χ1) is 10.1. The van der Waals surface area contributed by atoms with Crippen molar-refractivity contribution in [2.75, 3.05) is 0 Å². The van der Waals surface area contributed by atoms with Crippen LogP contribution in [0.5, 0.6) is 0 Å². The molecule has 114 valence electrons. The zero-order valence-electron chi connectivity index (χ0n) is 12.5. The van der Waals surface area contributed by atoms with E-state index in [9.17, 15) is 0 Å². The van der Waals surface area contributed by atoms with E-state index < -0.39 is 0 Å². The van der Waals surface area contributed by atoms with Crippen molar-refractivity contribution in [3.05, 3.63) is 28.5 Å². The highest BCUT2D eigenvalue weighted by atomic mass is 79.9. The molecule has 1 aliphatic heterocycles. The van der Waals surface area contributed by atoms with Crippen molar-refractivity contribution in [1.82, 2.24) is 29.9 Å². The molecule has 0 bridgehead atoms. The van der Waals surface area contributed by atoms with Gasteiger partial charge in [0, 0.05) is 25.2 Å². The van der Waals surface area contributed by atoms with Crippen LogP contribution in [0.4, 0.5) is 0 Å². The second kappa shape index (κ2) is 6.27. The summed E-state index contributed by atoms with van der Waals surface area (Å²) in [7, 11) is 0. The molecule has 0 saturated carbocycles. The van der Waals surface area contributed by atoms with E-state index in [0.717, 1.165) is 35.6 Å². The third-order valence-electron chi connectivity index (χ3n) is 3.87. The predicted octanol–water partition coefficient (Wildman–Crippen LogP) is 2.31. The van der Waals surface area contributed by atoms with Crippen molar-refractivity contribution in [1.29, 1.82) is 0 Å². The summed E-state index contributed by atoms with van der Waals surface area (Å²) in [6.45, 7) is 6.20. The van der Waals surface area contributed by atoms with E-state index in [-0.39, 0.29) is 6.04 Å². The third kappa shape index (κ3) is 3.35. The summed E-state index contributed by atoms with van der Waals surface area (Å²) in [5, 5.41) is 16.6. The summed E-state index contributed by atoms with van der Waals surface area (Å²) in [4.78, 5) is 0. The minimum atomic E-state index is 0.193. The zero-order chi connectivity index (χ0) is 14.8. The van der Waals surface area contributed by atoms with Crippen LogP contribution in [-0.4, -0.2) is 30.6 Å². The maximum atomic E-state index is 4.38. The molecule has 2 atom stereocenters. The lowest BCUT2D eigenvalue weighted by Crippen LogP contribution is -2.34. The summed E-state index contributed by atoms with van der Waals surface area (Å²) < 4.78 is 5.22. The van der Waals surface area contributed by atoms with Gasteiger partial charge in [-0.3, -0.25) is 4.68 Å². The van der Waals surface area contributed by atoms with Crippen LogP contribution in [0, 0.1) is 0 Å². The van der Waals surface area contributed by atoms with Gasteiger partial charge in [-0.25, -0.2) is 0 Å². The largest absolute Gasteiger partial charge is 0.314 e. The monoisotopic (exact) mass is 352 g/mol. The lowest BCUT2D eigenvalue weighted by atomic mass is 10.1. The molecule has 0 amide bonds. The molecule has 6 nitrogen and oxygen atoms in total. The molecule has 0 spiro atoms. The highest BCUT2D eigenvalue weighted by molar-refractivity contribution is 9.10. The Morgan fingerprint density at radius 1 is 1.33 bits per heavy atom. The maximum Gasteiger partial charge on any atom is 0.149 e. The Morgan fingerprint density at radius 3 is 2.95 bits per heavy atom. The highest BCUT2D eigenvalue weighted by Crippen LogP contribution is 2.19. The van der Waals surface area contributed by atoms with Gasteiger partial charge in [-0.15, -0.1) is 10.2 Å². The van der Waals surface area contributed by atoms with E-state index in [1.54, 1.807) is 0 Å². The molecule has 2 aromatic rings. The van der Waals surface area contributed by atoms with Crippen molar-refractivity contribution in [2.45, 2.75) is 58.3 Å². The fourth-order valence-corrected chi connectivity index (χ4v) is 3.25. The summed E-state index contributed by atoms with van der Waals surface area (Å²) in [5.74, 6) is 2.19. The Labute approximate surface area is 133 Å². The van der Waals surface area contributed by atoms with E-state index in [1.807, 2.05) is 17.1 Å². The molecule has 7 heteroatoms. The first-order valence-electron chi connectivity index (χ1n) is 7.49. The molecule has 2 aromatic heterocycles. The fourth-order valence-electron chi connectivity index (χ4n) is 2.92. The number of nitrogens with one attached hydrogen (secondary N) is 1. The first kappa shape index (κ1) is 14.7. The molecule has 0 aliphatic carbocycles. The minimum Gasteiger partial charge on any atom is -0.314 e. The first-order valence-corrected chi connectivity index (χ1v) is 8.29. The van der Waals surface area contributed by atoms with Gasteiger partial charge < -0.3 is 9.88 Å². The van der Waals surface area contributed by atoms with Crippen LogP contribution >= 0.6 is 15.9 Å². The fraction of sp³-hybridized carbons (Fsp3) is 0.643. The maximum absolute atomic E-state index is 4.38. The van der Waals surface area contributed by atoms with Crippen molar-refractivity contribution in [3.63, 3.8) is 0 Å². The lowest BCUT2D eigenvalue weighted by Gasteiger charge is -2.22. The molecule has 0 aromatic carbocycles. The Bertz CT molecular complexity index is 604. The third-order valence-corrected chi connectivity index (χ3v) is 4.28. The summed E-state index contributed by atoms with van der Waals surface area (Å²) >= 11 is 3.42. The van der Waals surface area contributed by atoms with Crippen LogP contribution < -0.4 is 5.32 Å². The standard InChI is InChI=1S/C14H21BrN6/c1-10(8-20-9-12(15)7-16-20)17-11(2)14-19-18-13-5-3-4-6-21(13)14/h7,9-11,17H,3-6,8H2,1-2H3/t10-,11+/m0/s1. The summed E-state index contributed by atoms with van der Waals surface area (Å²) in [6.07, 6.45) is 7.30. The molecule has 1 N–H and O–H groups in total. The molecular formula is C14H21BrN6. The van der Waals surface area contributed by atoms with Crippen LogP contribution in [0.15, 0.2) is 16.9 Å². The van der Waals surface area contributed by atoms with Gasteiger partial charge >= 0.3 is 0 Å². The van der Waals surface area contributed by atoms with Crippen LogP contribution in [0.25, 0.3) is 0 Å². The topological polar surface area (TPSA) is 60.6 Å². The normalized spacial score (nSPS) is 17.5. The van der Waals surface area contributed by atoms with E-state index >= 15 is 0 Å². The number of aromatic nitrogens is 5. The van der Waals surface area contributed by atoms with E-state index in [0.29, 0.717) is 6.04 Å². The molecule has 3 rings (SSSR count). The quantitative estimate of drug-likeness (QED) is 0.896. The van der Waals surface area contributed by atoms with Gasteiger partial charge in [-0.2, -0.15) is 5.10 Å². The predicted molar refractivity (Wildman–Crippen MR) is 83.9 cm³/mol. The SMILES string of the molecule is C[C@@H](Cn1cc(Br)cn1)N[C@H](C)c1nnc2n1CCCC2. The van der Waals surface area contributed by atoms with Crippen molar-refractivity contribution in [2.24, 2.45) is 0 Å². The van der Waals surface area contributed by atoms with Gasteiger partial charge in [0.25, 0.3) is 0 Å². The Balaban J connectivity index is 1.63. The summed E-state index contributed by atoms with van der Waals surface area (Å²) in [5.41, 5.74) is 0. The van der Waals surface area contributed by atoms with E-state index in [2.05, 4.69) is 55.0 Å². The van der Waals surface area contributed by atoms with Gasteiger partial charge in [-0.05, 0) is 42.6 Å². The Hall–Kier alpha value is -1.21. The van der Waals surface area contributed by atoms with Crippen LogP contribution in [0.1, 0.15) is 44.4 Å². The highest BCUT2D eigenvalue weighted by Gasteiger charge is 2.21. The van der Waals surface area contributed by atoms with E-state index in [4.69, 9.17) is 0 Å². The number of hydrogen-bond donors (Lipinski definition) is 1. The smallest absolute Gasteiger partial charge is 0.149 e. The second-order valence-corrected chi connectivity index (χ2v) is 6.67. The van der Waals surface area contributed by atoms with Crippen molar-refractivity contribution < 1.29 is 0 Å². The average molecular weight is 353 g/mol. The molecule has 0 radical (unpaired) electrons. The van der Waals surface area contributed by atoms with Crippen molar-refractivity contribution in [3.8, 4) is 0 Å². The Kier molecular flexibility index (Phi) is 4.40. The lowest BCUT2D eigenvalue weighted by molar-refractivity contribution is 0.389. The molecule has 3 heterocycles. The molecule has 0 fully saturated rings. The number of nitrogens with zero attached hydrogens (tertiary/aromatic N) is 5. The van der Waals surface area contributed by atoms with Gasteiger partial charge in [-0.1, -0.05) is 0 Å².